The van der Waals surface area contributed by atoms with Crippen LogP contribution in [0.15, 0.2) is 18.5 Å². The second-order valence-corrected chi connectivity index (χ2v) is 8.53. The van der Waals surface area contributed by atoms with E-state index in [1.54, 1.807) is 37.2 Å². The lowest BCUT2D eigenvalue weighted by Crippen LogP contribution is -2.37. The van der Waals surface area contributed by atoms with E-state index in [2.05, 4.69) is 10.00 Å². The molecule has 24 heavy (non-hydrogen) atoms. The molecule has 8 nitrogen and oxygen atoms in total. The lowest BCUT2D eigenvalue weighted by atomic mass is 10.3. The quantitative estimate of drug-likeness (QED) is 0.669. The summed E-state index contributed by atoms with van der Waals surface area (Å²) >= 11 is 0. The Balaban J connectivity index is 1.75. The number of carbonyl (C=O) groups excluding carboxylic acids is 1. The standard InChI is InChI=1S/C15H27N5O3S/c1-17(2)24(22,23)13-5-8-18-7-4-9-19(12-11-18)15(21)14-20-10-3-6-16-20/h3,6,10H,4-5,7-9,11-14H2,1-2H3. The van der Waals surface area contributed by atoms with E-state index in [9.17, 15) is 13.2 Å². The van der Waals surface area contributed by atoms with Crippen LogP contribution >= 0.6 is 0 Å². The predicted octanol–water partition coefficient (Wildman–Crippen LogP) is -0.301. The molecule has 1 saturated heterocycles. The third-order valence-electron chi connectivity index (χ3n) is 4.23. The number of hydrogen-bond acceptors (Lipinski definition) is 5. The molecule has 0 unspecified atom stereocenters. The highest BCUT2D eigenvalue weighted by atomic mass is 32.2. The summed E-state index contributed by atoms with van der Waals surface area (Å²) in [6.45, 7) is 4.12. The molecule has 0 N–H and O–H groups in total. The van der Waals surface area contributed by atoms with Crippen molar-refractivity contribution in [3.8, 4) is 0 Å². The first-order valence-corrected chi connectivity index (χ1v) is 9.87. The monoisotopic (exact) mass is 357 g/mol. The van der Waals surface area contributed by atoms with E-state index in [1.807, 2.05) is 4.90 Å². The number of nitrogens with zero attached hydrogens (tertiary/aromatic N) is 5. The largest absolute Gasteiger partial charge is 0.340 e. The first-order valence-electron chi connectivity index (χ1n) is 8.26. The smallest absolute Gasteiger partial charge is 0.244 e. The second-order valence-electron chi connectivity index (χ2n) is 6.23. The fourth-order valence-corrected chi connectivity index (χ4v) is 3.59. The molecular formula is C15H27N5O3S. The Morgan fingerprint density at radius 2 is 2.00 bits per heavy atom. The van der Waals surface area contributed by atoms with Crippen molar-refractivity contribution in [3.05, 3.63) is 18.5 Å². The average molecular weight is 357 g/mol. The van der Waals surface area contributed by atoms with E-state index in [0.717, 1.165) is 32.6 Å². The Morgan fingerprint density at radius 1 is 1.21 bits per heavy atom. The fraction of sp³-hybridized carbons (Fsp3) is 0.733. The molecule has 1 fully saturated rings. The molecular weight excluding hydrogens is 330 g/mol. The van der Waals surface area contributed by atoms with Gasteiger partial charge in [0.2, 0.25) is 15.9 Å². The van der Waals surface area contributed by atoms with Crippen molar-refractivity contribution in [1.29, 1.82) is 0 Å². The molecule has 9 heteroatoms. The number of rotatable bonds is 7. The number of carbonyl (C=O) groups is 1. The third kappa shape index (κ3) is 5.57. The van der Waals surface area contributed by atoms with Crippen LogP contribution in [0.5, 0.6) is 0 Å². The van der Waals surface area contributed by atoms with Gasteiger partial charge in [-0.05, 0) is 32.0 Å². The minimum atomic E-state index is -3.13. The zero-order chi connectivity index (χ0) is 17.6. The summed E-state index contributed by atoms with van der Waals surface area (Å²) in [5.74, 6) is 0.245. The molecule has 136 valence electrons. The highest BCUT2D eigenvalue weighted by Gasteiger charge is 2.20. The van der Waals surface area contributed by atoms with E-state index in [0.29, 0.717) is 13.0 Å². The van der Waals surface area contributed by atoms with Crippen LogP contribution in [0.1, 0.15) is 12.8 Å². The molecule has 1 aliphatic rings. The molecule has 0 aliphatic carbocycles. The van der Waals surface area contributed by atoms with Crippen LogP contribution in [0.2, 0.25) is 0 Å². The summed E-state index contributed by atoms with van der Waals surface area (Å²) in [6, 6.07) is 1.80. The number of sulfonamides is 1. The summed E-state index contributed by atoms with van der Waals surface area (Å²) in [5, 5.41) is 4.07. The first-order chi connectivity index (χ1) is 11.4. The van der Waals surface area contributed by atoms with E-state index in [4.69, 9.17) is 0 Å². The Bertz CT molecular complexity index is 615. The van der Waals surface area contributed by atoms with Gasteiger partial charge in [0.15, 0.2) is 0 Å². The molecule has 2 heterocycles. The van der Waals surface area contributed by atoms with Crippen molar-refractivity contribution in [3.63, 3.8) is 0 Å². The Morgan fingerprint density at radius 3 is 2.67 bits per heavy atom. The minimum Gasteiger partial charge on any atom is -0.340 e. The zero-order valence-electron chi connectivity index (χ0n) is 14.5. The van der Waals surface area contributed by atoms with Gasteiger partial charge in [0.25, 0.3) is 0 Å². The molecule has 0 atom stereocenters. The van der Waals surface area contributed by atoms with E-state index >= 15 is 0 Å². The van der Waals surface area contributed by atoms with Crippen molar-refractivity contribution < 1.29 is 13.2 Å². The maximum atomic E-state index is 12.3. The lowest BCUT2D eigenvalue weighted by molar-refractivity contribution is -0.131. The van der Waals surface area contributed by atoms with Crippen molar-refractivity contribution >= 4 is 15.9 Å². The van der Waals surface area contributed by atoms with Crippen LogP contribution in [-0.2, 0) is 21.4 Å². The predicted molar refractivity (Wildman–Crippen MR) is 92.0 cm³/mol. The van der Waals surface area contributed by atoms with Gasteiger partial charge in [-0.2, -0.15) is 5.10 Å². The molecule has 1 aromatic rings. The Labute approximate surface area is 144 Å². The van der Waals surface area contributed by atoms with Crippen LogP contribution < -0.4 is 0 Å². The van der Waals surface area contributed by atoms with Gasteiger partial charge in [-0.15, -0.1) is 0 Å². The van der Waals surface area contributed by atoms with Gasteiger partial charge in [-0.1, -0.05) is 0 Å². The summed E-state index contributed by atoms with van der Waals surface area (Å²) in [4.78, 5) is 16.4. The molecule has 1 aliphatic heterocycles. The van der Waals surface area contributed by atoms with Gasteiger partial charge in [0, 0.05) is 46.1 Å². The average Bonchev–Trinajstić information content (AvgIpc) is 2.91. The molecule has 0 spiro atoms. The van der Waals surface area contributed by atoms with Crippen molar-refractivity contribution in [2.24, 2.45) is 0 Å². The topological polar surface area (TPSA) is 78.8 Å². The summed E-state index contributed by atoms with van der Waals surface area (Å²) in [7, 11) is -0.00920. The van der Waals surface area contributed by atoms with Crippen molar-refractivity contribution in [2.75, 3.05) is 52.6 Å². The summed E-state index contributed by atoms with van der Waals surface area (Å²) in [5.41, 5.74) is 0. The summed E-state index contributed by atoms with van der Waals surface area (Å²) in [6.07, 6.45) is 4.97. The normalized spacial score (nSPS) is 17.2. The number of hydrogen-bond donors (Lipinski definition) is 0. The van der Waals surface area contributed by atoms with Crippen LogP contribution in [0.3, 0.4) is 0 Å². The Hall–Kier alpha value is -1.45. The van der Waals surface area contributed by atoms with Gasteiger partial charge in [0.1, 0.15) is 6.54 Å². The fourth-order valence-electron chi connectivity index (χ4n) is 2.73. The van der Waals surface area contributed by atoms with Gasteiger partial charge < -0.3 is 9.80 Å². The van der Waals surface area contributed by atoms with Gasteiger partial charge >= 0.3 is 0 Å². The maximum Gasteiger partial charge on any atom is 0.244 e. The number of amides is 1. The van der Waals surface area contributed by atoms with Crippen molar-refractivity contribution in [2.45, 2.75) is 19.4 Å². The molecule has 0 aromatic carbocycles. The highest BCUT2D eigenvalue weighted by molar-refractivity contribution is 7.89. The highest BCUT2D eigenvalue weighted by Crippen LogP contribution is 2.06. The minimum absolute atomic E-state index is 0.0794. The van der Waals surface area contributed by atoms with Crippen LogP contribution in [0, 0.1) is 0 Å². The lowest BCUT2D eigenvalue weighted by Gasteiger charge is -2.22. The molecule has 0 bridgehead atoms. The molecule has 0 radical (unpaired) electrons. The van der Waals surface area contributed by atoms with Gasteiger partial charge in [0.05, 0.1) is 5.75 Å². The van der Waals surface area contributed by atoms with Crippen molar-refractivity contribution in [1.82, 2.24) is 23.9 Å². The Kier molecular flexibility index (Phi) is 6.76. The van der Waals surface area contributed by atoms with E-state index in [-0.39, 0.29) is 18.2 Å². The van der Waals surface area contributed by atoms with Gasteiger partial charge in [-0.25, -0.2) is 12.7 Å². The molecule has 2 rings (SSSR count). The van der Waals surface area contributed by atoms with Crippen LogP contribution in [-0.4, -0.2) is 90.8 Å². The third-order valence-corrected chi connectivity index (χ3v) is 6.15. The second kappa shape index (κ2) is 8.59. The molecule has 0 saturated carbocycles. The SMILES string of the molecule is CN(C)S(=O)(=O)CCCN1CCCN(C(=O)Cn2cccn2)CC1. The van der Waals surface area contributed by atoms with Crippen LogP contribution in [0.4, 0.5) is 0 Å². The van der Waals surface area contributed by atoms with E-state index in [1.165, 1.54) is 4.31 Å². The van der Waals surface area contributed by atoms with Gasteiger partial charge in [-0.3, -0.25) is 9.48 Å². The number of aromatic nitrogens is 2. The zero-order valence-corrected chi connectivity index (χ0v) is 15.3. The molecule has 1 aromatic heterocycles. The van der Waals surface area contributed by atoms with E-state index < -0.39 is 10.0 Å². The summed E-state index contributed by atoms with van der Waals surface area (Å²) < 4.78 is 26.5. The maximum absolute atomic E-state index is 12.3. The van der Waals surface area contributed by atoms with Crippen LogP contribution in [0.25, 0.3) is 0 Å². The molecule has 1 amide bonds. The first kappa shape index (κ1) is 18.9.